The molecule has 0 saturated heterocycles. The number of hydrogen-bond donors (Lipinski definition) is 3. The van der Waals surface area contributed by atoms with Crippen LogP contribution in [0.3, 0.4) is 0 Å². The number of rotatable bonds is 5. The molecule has 76 valence electrons. The molecule has 0 unspecified atom stereocenters. The van der Waals surface area contributed by atoms with Gasteiger partial charge in [-0.1, -0.05) is 0 Å². The average Bonchev–Trinajstić information content (AvgIpc) is 1.99. The quantitative estimate of drug-likeness (QED) is 0.390. The van der Waals surface area contributed by atoms with Gasteiger partial charge in [-0.2, -0.15) is 0 Å². The van der Waals surface area contributed by atoms with Crippen LogP contribution in [0.5, 0.6) is 0 Å². The molecule has 0 aliphatic heterocycles. The van der Waals surface area contributed by atoms with Gasteiger partial charge in [-0.15, -0.1) is 0 Å². The van der Waals surface area contributed by atoms with Gasteiger partial charge in [0.15, 0.2) is 0 Å². The minimum absolute atomic E-state index is 0.268. The van der Waals surface area contributed by atoms with Crippen molar-refractivity contribution in [3.05, 3.63) is 11.6 Å². The smallest absolute Gasteiger partial charge is 0.376 e. The Hall–Kier alpha value is -2.18. The van der Waals surface area contributed by atoms with E-state index in [9.17, 15) is 19.2 Å². The highest BCUT2D eigenvalue weighted by Crippen LogP contribution is 2.03. The van der Waals surface area contributed by atoms with Gasteiger partial charge in [0.2, 0.25) is 0 Å². The molecule has 0 aromatic carbocycles. The SMILES string of the molecule is O=C(O)/C=C(\CC(=O)O)C(=O)C(=O)O. The largest absolute Gasteiger partial charge is 0.481 e. The monoisotopic (exact) mass is 202 g/mol. The fourth-order valence-corrected chi connectivity index (χ4v) is 0.646. The Morgan fingerprint density at radius 2 is 1.50 bits per heavy atom. The molecule has 3 N–H and O–H groups in total. The van der Waals surface area contributed by atoms with Crippen LogP contribution in [-0.2, 0) is 19.2 Å². The first kappa shape index (κ1) is 11.8. The van der Waals surface area contributed by atoms with Gasteiger partial charge in [0.05, 0.1) is 6.42 Å². The molecule has 7 nitrogen and oxygen atoms in total. The third-order valence-electron chi connectivity index (χ3n) is 1.13. The average molecular weight is 202 g/mol. The second-order valence-corrected chi connectivity index (χ2v) is 2.21. The Balaban J connectivity index is 4.91. The molecule has 0 aliphatic carbocycles. The lowest BCUT2D eigenvalue weighted by molar-refractivity contribution is -0.147. The molecule has 14 heavy (non-hydrogen) atoms. The lowest BCUT2D eigenvalue weighted by atomic mass is 10.1. The maximum atomic E-state index is 10.7. The normalized spacial score (nSPS) is 10.7. The van der Waals surface area contributed by atoms with E-state index in [1.54, 1.807) is 0 Å². The molecule has 0 aliphatic rings. The summed E-state index contributed by atoms with van der Waals surface area (Å²) in [5, 5.41) is 24.7. The minimum atomic E-state index is -1.89. The van der Waals surface area contributed by atoms with Crippen molar-refractivity contribution < 1.29 is 34.5 Å². The minimum Gasteiger partial charge on any atom is -0.481 e. The highest BCUT2D eigenvalue weighted by molar-refractivity contribution is 6.40. The molecule has 0 aromatic rings. The summed E-state index contributed by atoms with van der Waals surface area (Å²) in [4.78, 5) is 41.1. The molecule has 0 saturated carbocycles. The molecule has 0 radical (unpaired) electrons. The van der Waals surface area contributed by atoms with Gasteiger partial charge in [0.25, 0.3) is 5.78 Å². The third kappa shape index (κ3) is 4.00. The Morgan fingerprint density at radius 3 is 1.79 bits per heavy atom. The summed E-state index contributed by atoms with van der Waals surface area (Å²) >= 11 is 0. The fourth-order valence-electron chi connectivity index (χ4n) is 0.646. The zero-order valence-corrected chi connectivity index (χ0v) is 6.76. The number of carboxylic acids is 3. The van der Waals surface area contributed by atoms with E-state index in [1.165, 1.54) is 0 Å². The number of carboxylic acid groups (broad SMARTS) is 3. The van der Waals surface area contributed by atoms with Crippen LogP contribution in [0.15, 0.2) is 11.6 Å². The van der Waals surface area contributed by atoms with Crippen LogP contribution < -0.4 is 0 Å². The van der Waals surface area contributed by atoms with Crippen molar-refractivity contribution in [3.8, 4) is 0 Å². The Morgan fingerprint density at radius 1 is 1.00 bits per heavy atom. The van der Waals surface area contributed by atoms with Gasteiger partial charge in [-0.25, -0.2) is 9.59 Å². The lowest BCUT2D eigenvalue weighted by Gasteiger charge is -1.97. The first-order chi connectivity index (χ1) is 6.34. The molecule has 0 bridgehead atoms. The third-order valence-corrected chi connectivity index (χ3v) is 1.13. The predicted molar refractivity (Wildman–Crippen MR) is 40.6 cm³/mol. The van der Waals surface area contributed by atoms with E-state index in [-0.39, 0.29) is 6.08 Å². The molecular weight excluding hydrogens is 196 g/mol. The van der Waals surface area contributed by atoms with E-state index in [1.807, 2.05) is 0 Å². The highest BCUT2D eigenvalue weighted by Gasteiger charge is 2.20. The van der Waals surface area contributed by atoms with Crippen LogP contribution >= 0.6 is 0 Å². The summed E-state index contributed by atoms with van der Waals surface area (Å²) in [5.41, 5.74) is -0.780. The van der Waals surface area contributed by atoms with Gasteiger partial charge in [-0.3, -0.25) is 9.59 Å². The van der Waals surface area contributed by atoms with Crippen molar-refractivity contribution in [1.29, 1.82) is 0 Å². The van der Waals surface area contributed by atoms with E-state index < -0.39 is 35.7 Å². The van der Waals surface area contributed by atoms with Crippen molar-refractivity contribution >= 4 is 23.7 Å². The molecule has 0 spiro atoms. The molecule has 0 rings (SSSR count). The number of aliphatic carboxylic acids is 3. The topological polar surface area (TPSA) is 129 Å². The van der Waals surface area contributed by atoms with Gasteiger partial charge >= 0.3 is 17.9 Å². The summed E-state index contributed by atoms with van der Waals surface area (Å²) in [6, 6.07) is 0. The van der Waals surface area contributed by atoms with Crippen molar-refractivity contribution in [1.82, 2.24) is 0 Å². The van der Waals surface area contributed by atoms with E-state index >= 15 is 0 Å². The summed E-state index contributed by atoms with van der Waals surface area (Å²) in [6.07, 6.45) is -0.665. The Bertz CT molecular complexity index is 325. The zero-order valence-electron chi connectivity index (χ0n) is 6.76. The summed E-state index contributed by atoms with van der Waals surface area (Å²) in [7, 11) is 0. The van der Waals surface area contributed by atoms with Crippen molar-refractivity contribution in [2.75, 3.05) is 0 Å². The molecular formula is C7H6O7. The first-order valence-corrected chi connectivity index (χ1v) is 3.27. The molecule has 0 amide bonds. The van der Waals surface area contributed by atoms with Gasteiger partial charge in [-0.05, 0) is 0 Å². The van der Waals surface area contributed by atoms with Crippen LogP contribution in [0.4, 0.5) is 0 Å². The lowest BCUT2D eigenvalue weighted by Crippen LogP contribution is -2.18. The van der Waals surface area contributed by atoms with Crippen LogP contribution in [-0.4, -0.2) is 39.0 Å². The zero-order chi connectivity index (χ0) is 11.3. The molecule has 0 heterocycles. The van der Waals surface area contributed by atoms with Crippen LogP contribution in [0.25, 0.3) is 0 Å². The molecule has 0 fully saturated rings. The van der Waals surface area contributed by atoms with E-state index in [0.717, 1.165) is 0 Å². The van der Waals surface area contributed by atoms with Gasteiger partial charge < -0.3 is 15.3 Å². The van der Waals surface area contributed by atoms with E-state index in [4.69, 9.17) is 15.3 Å². The second kappa shape index (κ2) is 4.75. The maximum Gasteiger partial charge on any atom is 0.376 e. The maximum absolute atomic E-state index is 10.7. The van der Waals surface area contributed by atoms with Gasteiger partial charge in [0, 0.05) is 11.6 Å². The fraction of sp³-hybridized carbons (Fsp3) is 0.143. The predicted octanol–water partition coefficient (Wildman–Crippen LogP) is -0.874. The summed E-state index contributed by atoms with van der Waals surface area (Å²) in [5.74, 6) is -6.48. The summed E-state index contributed by atoms with van der Waals surface area (Å²) < 4.78 is 0. The number of carbonyl (C=O) groups excluding carboxylic acids is 1. The van der Waals surface area contributed by atoms with Crippen LogP contribution in [0.1, 0.15) is 6.42 Å². The van der Waals surface area contributed by atoms with Crippen molar-refractivity contribution in [3.63, 3.8) is 0 Å². The molecule has 0 atom stereocenters. The van der Waals surface area contributed by atoms with Crippen molar-refractivity contribution in [2.24, 2.45) is 0 Å². The Labute approximate surface area is 77.3 Å². The van der Waals surface area contributed by atoms with Crippen molar-refractivity contribution in [2.45, 2.75) is 6.42 Å². The standard InChI is InChI=1S/C7H6O7/c8-4(9)1-3(2-5(10)11)6(12)7(13)14/h1H,2H2,(H,8,9)(H,10,11)(H,13,14)/b3-1+. The molecule has 0 aromatic heterocycles. The van der Waals surface area contributed by atoms with Gasteiger partial charge in [0.1, 0.15) is 0 Å². The van der Waals surface area contributed by atoms with Crippen LogP contribution in [0.2, 0.25) is 0 Å². The molecule has 7 heteroatoms. The second-order valence-electron chi connectivity index (χ2n) is 2.21. The van der Waals surface area contributed by atoms with Crippen LogP contribution in [0, 0.1) is 0 Å². The number of Topliss-reactive ketones (excluding diaryl/α,β-unsaturated/α-hetero) is 1. The summed E-state index contributed by atoms with van der Waals surface area (Å²) in [6.45, 7) is 0. The Kier molecular flexibility index (Phi) is 4.01. The number of carbonyl (C=O) groups is 4. The van der Waals surface area contributed by atoms with E-state index in [2.05, 4.69) is 0 Å². The number of ketones is 1. The first-order valence-electron chi connectivity index (χ1n) is 3.27. The highest BCUT2D eigenvalue weighted by atomic mass is 16.4. The number of hydrogen-bond acceptors (Lipinski definition) is 4. The van der Waals surface area contributed by atoms with E-state index in [0.29, 0.717) is 0 Å².